The molecule has 0 bridgehead atoms. The van der Waals surface area contributed by atoms with Crippen LogP contribution in [0.2, 0.25) is 0 Å². The SMILES string of the molecule is CCn1cc(CNc2nc(C(C)(C)C)ns2)cn1. The predicted octanol–water partition coefficient (Wildman–Crippen LogP) is 2.66. The molecule has 0 amide bonds. The quantitative estimate of drug-likeness (QED) is 0.923. The Labute approximate surface area is 111 Å². The second-order valence-corrected chi connectivity index (χ2v) is 5.98. The van der Waals surface area contributed by atoms with E-state index in [1.807, 2.05) is 17.1 Å². The number of anilines is 1. The lowest BCUT2D eigenvalue weighted by Gasteiger charge is -2.12. The number of aryl methyl sites for hydroxylation is 1. The maximum Gasteiger partial charge on any atom is 0.202 e. The van der Waals surface area contributed by atoms with Crippen LogP contribution < -0.4 is 5.32 Å². The zero-order valence-electron chi connectivity index (χ0n) is 11.3. The van der Waals surface area contributed by atoms with E-state index in [9.17, 15) is 0 Å². The number of nitrogens with zero attached hydrogens (tertiary/aromatic N) is 4. The Morgan fingerprint density at radius 3 is 2.72 bits per heavy atom. The third-order valence-corrected chi connectivity index (χ3v) is 3.22. The van der Waals surface area contributed by atoms with Gasteiger partial charge in [-0.25, -0.2) is 4.98 Å². The highest BCUT2D eigenvalue weighted by Gasteiger charge is 2.19. The van der Waals surface area contributed by atoms with E-state index < -0.39 is 0 Å². The Bertz CT molecular complexity index is 509. The minimum absolute atomic E-state index is 0.00350. The van der Waals surface area contributed by atoms with E-state index in [2.05, 4.69) is 47.5 Å². The van der Waals surface area contributed by atoms with Crippen molar-refractivity contribution in [3.05, 3.63) is 23.8 Å². The van der Waals surface area contributed by atoms with E-state index in [0.717, 1.165) is 29.6 Å². The summed E-state index contributed by atoms with van der Waals surface area (Å²) >= 11 is 1.41. The topological polar surface area (TPSA) is 55.6 Å². The van der Waals surface area contributed by atoms with Gasteiger partial charge in [0.25, 0.3) is 0 Å². The molecule has 0 radical (unpaired) electrons. The third kappa shape index (κ3) is 3.07. The van der Waals surface area contributed by atoms with Crippen molar-refractivity contribution in [1.82, 2.24) is 19.1 Å². The molecule has 0 unspecified atom stereocenters. The summed E-state index contributed by atoms with van der Waals surface area (Å²) < 4.78 is 6.28. The van der Waals surface area contributed by atoms with Gasteiger partial charge in [-0.3, -0.25) is 4.68 Å². The van der Waals surface area contributed by atoms with Crippen LogP contribution in [-0.2, 0) is 18.5 Å². The van der Waals surface area contributed by atoms with Crippen molar-refractivity contribution in [1.29, 1.82) is 0 Å². The van der Waals surface area contributed by atoms with Gasteiger partial charge in [0.05, 0.1) is 6.20 Å². The summed E-state index contributed by atoms with van der Waals surface area (Å²) in [6.07, 6.45) is 3.92. The van der Waals surface area contributed by atoms with Crippen molar-refractivity contribution < 1.29 is 0 Å². The second kappa shape index (κ2) is 5.06. The van der Waals surface area contributed by atoms with Crippen LogP contribution in [0.4, 0.5) is 5.13 Å². The normalized spacial score (nSPS) is 11.8. The number of nitrogens with one attached hydrogen (secondary N) is 1. The third-order valence-electron chi connectivity index (χ3n) is 2.55. The van der Waals surface area contributed by atoms with Gasteiger partial charge < -0.3 is 5.32 Å². The first-order chi connectivity index (χ1) is 8.49. The van der Waals surface area contributed by atoms with Gasteiger partial charge in [0.1, 0.15) is 5.82 Å². The molecule has 0 spiro atoms. The summed E-state index contributed by atoms with van der Waals surface area (Å²) in [7, 11) is 0. The Morgan fingerprint density at radius 1 is 1.39 bits per heavy atom. The number of rotatable bonds is 4. The van der Waals surface area contributed by atoms with Crippen molar-refractivity contribution in [2.24, 2.45) is 0 Å². The van der Waals surface area contributed by atoms with Gasteiger partial charge in [-0.2, -0.15) is 9.47 Å². The molecule has 2 rings (SSSR count). The Balaban J connectivity index is 1.96. The fraction of sp³-hybridized carbons (Fsp3) is 0.583. The van der Waals surface area contributed by atoms with Crippen LogP contribution in [0.5, 0.6) is 0 Å². The Hall–Kier alpha value is -1.43. The molecule has 1 N–H and O–H groups in total. The van der Waals surface area contributed by atoms with Gasteiger partial charge in [0.15, 0.2) is 0 Å². The van der Waals surface area contributed by atoms with E-state index >= 15 is 0 Å². The molecule has 18 heavy (non-hydrogen) atoms. The molecule has 2 aromatic rings. The first-order valence-corrected chi connectivity index (χ1v) is 6.86. The summed E-state index contributed by atoms with van der Waals surface area (Å²) in [5.41, 5.74) is 1.16. The van der Waals surface area contributed by atoms with Gasteiger partial charge in [-0.1, -0.05) is 20.8 Å². The molecule has 0 aromatic carbocycles. The van der Waals surface area contributed by atoms with Crippen molar-refractivity contribution in [3.8, 4) is 0 Å². The number of aromatic nitrogens is 4. The highest BCUT2D eigenvalue weighted by atomic mass is 32.1. The summed E-state index contributed by atoms with van der Waals surface area (Å²) in [5.74, 6) is 0.888. The van der Waals surface area contributed by atoms with Crippen molar-refractivity contribution in [3.63, 3.8) is 0 Å². The number of hydrogen-bond donors (Lipinski definition) is 1. The fourth-order valence-corrected chi connectivity index (χ4v) is 2.20. The molecule has 5 nitrogen and oxygen atoms in total. The highest BCUT2D eigenvalue weighted by Crippen LogP contribution is 2.23. The minimum Gasteiger partial charge on any atom is -0.356 e. The Kier molecular flexibility index (Phi) is 3.65. The molecule has 0 fully saturated rings. The van der Waals surface area contributed by atoms with Gasteiger partial charge in [-0.05, 0) is 6.92 Å². The molecule has 0 aliphatic rings. The van der Waals surface area contributed by atoms with Crippen LogP contribution >= 0.6 is 11.5 Å². The van der Waals surface area contributed by atoms with Gasteiger partial charge >= 0.3 is 0 Å². The maximum atomic E-state index is 4.49. The lowest BCUT2D eigenvalue weighted by molar-refractivity contribution is 0.555. The molecule has 2 heterocycles. The average molecular weight is 265 g/mol. The lowest BCUT2D eigenvalue weighted by atomic mass is 9.96. The summed E-state index contributed by atoms with van der Waals surface area (Å²) in [6, 6.07) is 0. The van der Waals surface area contributed by atoms with Gasteiger partial charge in [-0.15, -0.1) is 0 Å². The van der Waals surface area contributed by atoms with Crippen LogP contribution in [0.25, 0.3) is 0 Å². The minimum atomic E-state index is 0.00350. The van der Waals surface area contributed by atoms with E-state index in [0.29, 0.717) is 0 Å². The molecular formula is C12H19N5S. The summed E-state index contributed by atoms with van der Waals surface area (Å²) in [6.45, 7) is 10.1. The molecule has 98 valence electrons. The van der Waals surface area contributed by atoms with Gasteiger partial charge in [0.2, 0.25) is 5.13 Å². The van der Waals surface area contributed by atoms with Crippen molar-refractivity contribution >= 4 is 16.7 Å². The molecule has 0 atom stereocenters. The first-order valence-electron chi connectivity index (χ1n) is 6.08. The monoisotopic (exact) mass is 265 g/mol. The zero-order valence-corrected chi connectivity index (χ0v) is 12.1. The lowest BCUT2D eigenvalue weighted by Crippen LogP contribution is -2.13. The molecule has 0 saturated carbocycles. The molecule has 0 aliphatic heterocycles. The summed E-state index contributed by atoms with van der Waals surface area (Å²) in [5, 5.41) is 8.38. The van der Waals surface area contributed by atoms with Crippen LogP contribution in [-0.4, -0.2) is 19.1 Å². The molecular weight excluding hydrogens is 246 g/mol. The van der Waals surface area contributed by atoms with E-state index in [4.69, 9.17) is 0 Å². The van der Waals surface area contributed by atoms with Crippen LogP contribution in [0.1, 0.15) is 39.1 Å². The smallest absolute Gasteiger partial charge is 0.202 e. The van der Waals surface area contributed by atoms with E-state index in [1.54, 1.807) is 0 Å². The van der Waals surface area contributed by atoms with Crippen molar-refractivity contribution in [2.45, 2.75) is 46.2 Å². The van der Waals surface area contributed by atoms with E-state index in [1.165, 1.54) is 11.5 Å². The standard InChI is InChI=1S/C12H19N5S/c1-5-17-8-9(7-14-17)6-13-11-15-10(16-18-11)12(2,3)4/h7-8H,5-6H2,1-4H3,(H,13,15,16). The Morgan fingerprint density at radius 2 is 2.17 bits per heavy atom. The molecule has 6 heteroatoms. The largest absolute Gasteiger partial charge is 0.356 e. The maximum absolute atomic E-state index is 4.49. The van der Waals surface area contributed by atoms with E-state index in [-0.39, 0.29) is 5.41 Å². The molecule has 2 aromatic heterocycles. The predicted molar refractivity (Wildman–Crippen MR) is 73.8 cm³/mol. The van der Waals surface area contributed by atoms with Crippen LogP contribution in [0.3, 0.4) is 0 Å². The fourth-order valence-electron chi connectivity index (χ4n) is 1.45. The molecule has 0 aliphatic carbocycles. The van der Waals surface area contributed by atoms with Crippen molar-refractivity contribution in [2.75, 3.05) is 5.32 Å². The van der Waals surface area contributed by atoms with Gasteiger partial charge in [0, 0.05) is 41.8 Å². The summed E-state index contributed by atoms with van der Waals surface area (Å²) in [4.78, 5) is 4.49. The second-order valence-electron chi connectivity index (χ2n) is 5.23. The highest BCUT2D eigenvalue weighted by molar-refractivity contribution is 7.09. The zero-order chi connectivity index (χ0) is 13.2. The number of hydrogen-bond acceptors (Lipinski definition) is 5. The van der Waals surface area contributed by atoms with Crippen LogP contribution in [0, 0.1) is 0 Å². The van der Waals surface area contributed by atoms with Crippen LogP contribution in [0.15, 0.2) is 12.4 Å². The average Bonchev–Trinajstić information content (AvgIpc) is 2.94. The molecule has 0 saturated heterocycles. The first kappa shape index (κ1) is 13.0.